The lowest BCUT2D eigenvalue weighted by Crippen LogP contribution is -2.47. The predicted molar refractivity (Wildman–Crippen MR) is 112 cm³/mol. The zero-order valence-electron chi connectivity index (χ0n) is 17.1. The molecule has 154 valence electrons. The second kappa shape index (κ2) is 8.35. The Hall–Kier alpha value is -2.70. The first kappa shape index (κ1) is 19.6. The Labute approximate surface area is 171 Å². The number of likely N-dealkylation sites (tertiary alicyclic amines) is 1. The van der Waals surface area contributed by atoms with E-state index in [1.54, 1.807) is 6.07 Å². The summed E-state index contributed by atoms with van der Waals surface area (Å²) in [6.45, 7) is 8.45. The van der Waals surface area contributed by atoms with Crippen molar-refractivity contribution >= 4 is 17.4 Å². The average molecular weight is 397 g/mol. The van der Waals surface area contributed by atoms with Gasteiger partial charge in [-0.05, 0) is 37.8 Å². The zero-order chi connectivity index (χ0) is 20.4. The van der Waals surface area contributed by atoms with Gasteiger partial charge in [-0.25, -0.2) is 14.4 Å². The van der Waals surface area contributed by atoms with E-state index in [-0.39, 0.29) is 11.7 Å². The number of halogens is 1. The highest BCUT2D eigenvalue weighted by atomic mass is 19.1. The molecule has 3 heterocycles. The van der Waals surface area contributed by atoms with Crippen molar-refractivity contribution in [2.24, 2.45) is 5.92 Å². The van der Waals surface area contributed by atoms with Crippen LogP contribution in [0, 0.1) is 18.7 Å². The molecule has 7 heteroatoms. The van der Waals surface area contributed by atoms with E-state index in [0.717, 1.165) is 38.4 Å². The van der Waals surface area contributed by atoms with Crippen molar-refractivity contribution in [2.45, 2.75) is 26.7 Å². The molecule has 1 unspecified atom stereocenters. The van der Waals surface area contributed by atoms with Gasteiger partial charge in [-0.2, -0.15) is 0 Å². The van der Waals surface area contributed by atoms with Crippen molar-refractivity contribution in [1.82, 2.24) is 14.9 Å². The summed E-state index contributed by atoms with van der Waals surface area (Å²) >= 11 is 0. The molecule has 2 aliphatic rings. The van der Waals surface area contributed by atoms with Crippen molar-refractivity contribution in [1.29, 1.82) is 0 Å². The maximum atomic E-state index is 14.1. The minimum absolute atomic E-state index is 0.00621. The van der Waals surface area contributed by atoms with Gasteiger partial charge in [-0.3, -0.25) is 4.79 Å². The second-order valence-corrected chi connectivity index (χ2v) is 8.08. The van der Waals surface area contributed by atoms with E-state index in [0.29, 0.717) is 36.2 Å². The van der Waals surface area contributed by atoms with Crippen LogP contribution in [-0.4, -0.2) is 60.0 Å². The average Bonchev–Trinajstić information content (AvgIpc) is 2.73. The minimum atomic E-state index is -0.192. The minimum Gasteiger partial charge on any atom is -0.366 e. The molecule has 29 heavy (non-hydrogen) atoms. The van der Waals surface area contributed by atoms with Gasteiger partial charge in [0.25, 0.3) is 5.91 Å². The number of aryl methyl sites for hydroxylation is 1. The number of benzene rings is 1. The van der Waals surface area contributed by atoms with E-state index in [9.17, 15) is 9.18 Å². The van der Waals surface area contributed by atoms with Gasteiger partial charge >= 0.3 is 0 Å². The summed E-state index contributed by atoms with van der Waals surface area (Å²) in [5.41, 5.74) is 1.11. The van der Waals surface area contributed by atoms with Gasteiger partial charge in [-0.15, -0.1) is 0 Å². The molecule has 1 atom stereocenters. The molecule has 0 N–H and O–H groups in total. The summed E-state index contributed by atoms with van der Waals surface area (Å²) in [5, 5.41) is 0. The molecule has 1 amide bonds. The zero-order valence-corrected chi connectivity index (χ0v) is 17.1. The molecule has 2 fully saturated rings. The third-order valence-electron chi connectivity index (χ3n) is 5.78. The maximum absolute atomic E-state index is 14.1. The second-order valence-electron chi connectivity index (χ2n) is 8.08. The van der Waals surface area contributed by atoms with E-state index < -0.39 is 0 Å². The number of nitrogens with zero attached hydrogens (tertiary/aromatic N) is 5. The fraction of sp³-hybridized carbons (Fsp3) is 0.500. The van der Waals surface area contributed by atoms with Crippen LogP contribution in [0.2, 0.25) is 0 Å². The first-order valence-corrected chi connectivity index (χ1v) is 10.4. The number of piperazine rings is 1. The first-order valence-electron chi connectivity index (χ1n) is 10.4. The number of aromatic nitrogens is 2. The van der Waals surface area contributed by atoms with Gasteiger partial charge < -0.3 is 14.7 Å². The van der Waals surface area contributed by atoms with E-state index in [1.165, 1.54) is 12.5 Å². The van der Waals surface area contributed by atoms with Gasteiger partial charge in [0.1, 0.15) is 23.2 Å². The SMILES string of the molecule is Cc1nc(C(=O)N2CCCC(C)C2)cc(N2CCN(c3ccccc3F)CC2)n1. The fourth-order valence-electron chi connectivity index (χ4n) is 4.24. The van der Waals surface area contributed by atoms with Crippen LogP contribution in [0.3, 0.4) is 0 Å². The first-order chi connectivity index (χ1) is 14.0. The summed E-state index contributed by atoms with van der Waals surface area (Å²) in [6.07, 6.45) is 2.21. The van der Waals surface area contributed by atoms with E-state index in [4.69, 9.17) is 0 Å². The third kappa shape index (κ3) is 4.33. The van der Waals surface area contributed by atoms with Crippen LogP contribution in [0.15, 0.2) is 30.3 Å². The Morgan fingerprint density at radius 3 is 2.52 bits per heavy atom. The Kier molecular flexibility index (Phi) is 5.65. The highest BCUT2D eigenvalue weighted by Gasteiger charge is 2.25. The van der Waals surface area contributed by atoms with E-state index in [1.807, 2.05) is 30.0 Å². The Morgan fingerprint density at radius 2 is 1.79 bits per heavy atom. The summed E-state index contributed by atoms with van der Waals surface area (Å²) < 4.78 is 14.1. The number of hydrogen-bond donors (Lipinski definition) is 0. The molecule has 4 rings (SSSR count). The highest BCUT2D eigenvalue weighted by molar-refractivity contribution is 5.93. The van der Waals surface area contributed by atoms with Crippen LogP contribution < -0.4 is 9.80 Å². The lowest BCUT2D eigenvalue weighted by molar-refractivity contribution is 0.0676. The van der Waals surface area contributed by atoms with Crippen LogP contribution in [-0.2, 0) is 0 Å². The topological polar surface area (TPSA) is 52.6 Å². The number of rotatable bonds is 3. The van der Waals surface area contributed by atoms with E-state index >= 15 is 0 Å². The number of anilines is 2. The number of piperidine rings is 1. The molecule has 6 nitrogen and oxygen atoms in total. The summed E-state index contributed by atoms with van der Waals surface area (Å²) in [4.78, 5) is 28.1. The standard InChI is InChI=1S/C22H28FN5O/c1-16-6-5-9-28(15-16)22(29)19-14-21(25-17(2)24-19)27-12-10-26(11-13-27)20-8-4-3-7-18(20)23/h3-4,7-8,14,16H,5-6,9-13,15H2,1-2H3. The lowest BCUT2D eigenvalue weighted by atomic mass is 10.00. The molecule has 0 spiro atoms. The molecule has 2 saturated heterocycles. The highest BCUT2D eigenvalue weighted by Crippen LogP contribution is 2.23. The molecular formula is C22H28FN5O. The Morgan fingerprint density at radius 1 is 1.07 bits per heavy atom. The molecule has 0 radical (unpaired) electrons. The normalized spacial score (nSPS) is 20.1. The molecule has 0 saturated carbocycles. The van der Waals surface area contributed by atoms with Gasteiger partial charge in [0.15, 0.2) is 0 Å². The molecule has 0 aliphatic carbocycles. The number of amides is 1. The largest absolute Gasteiger partial charge is 0.366 e. The molecule has 1 aromatic carbocycles. The van der Waals surface area contributed by atoms with Crippen LogP contribution in [0.25, 0.3) is 0 Å². The van der Waals surface area contributed by atoms with Crippen LogP contribution in [0.4, 0.5) is 15.9 Å². The summed E-state index contributed by atoms with van der Waals surface area (Å²) in [6, 6.07) is 8.69. The number of carbonyl (C=O) groups is 1. The van der Waals surface area contributed by atoms with Crippen molar-refractivity contribution in [2.75, 3.05) is 49.1 Å². The summed E-state index contributed by atoms with van der Waals surface area (Å²) in [5.74, 6) is 1.71. The van der Waals surface area contributed by atoms with Crippen molar-refractivity contribution < 1.29 is 9.18 Å². The van der Waals surface area contributed by atoms with Crippen LogP contribution >= 0.6 is 0 Å². The molecule has 1 aromatic heterocycles. The molecule has 0 bridgehead atoms. The van der Waals surface area contributed by atoms with Crippen LogP contribution in [0.1, 0.15) is 36.1 Å². The monoisotopic (exact) mass is 397 g/mol. The Balaban J connectivity index is 1.47. The number of para-hydroxylation sites is 1. The van der Waals surface area contributed by atoms with Crippen molar-refractivity contribution in [3.8, 4) is 0 Å². The third-order valence-corrected chi connectivity index (χ3v) is 5.78. The van der Waals surface area contributed by atoms with Crippen molar-refractivity contribution in [3.05, 3.63) is 47.7 Å². The maximum Gasteiger partial charge on any atom is 0.272 e. The number of carbonyl (C=O) groups excluding carboxylic acids is 1. The van der Waals surface area contributed by atoms with Crippen LogP contribution in [0.5, 0.6) is 0 Å². The summed E-state index contributed by atoms with van der Waals surface area (Å²) in [7, 11) is 0. The Bertz CT molecular complexity index is 881. The quantitative estimate of drug-likeness (QED) is 0.797. The number of hydrogen-bond acceptors (Lipinski definition) is 5. The van der Waals surface area contributed by atoms with Gasteiger partial charge in [-0.1, -0.05) is 19.1 Å². The predicted octanol–water partition coefficient (Wildman–Crippen LogP) is 3.12. The molecular weight excluding hydrogens is 369 g/mol. The van der Waals surface area contributed by atoms with Crippen molar-refractivity contribution in [3.63, 3.8) is 0 Å². The van der Waals surface area contributed by atoms with E-state index in [2.05, 4.69) is 26.7 Å². The van der Waals surface area contributed by atoms with Gasteiger partial charge in [0.2, 0.25) is 0 Å². The molecule has 2 aromatic rings. The smallest absolute Gasteiger partial charge is 0.272 e. The molecule has 2 aliphatic heterocycles. The van der Waals surface area contributed by atoms with Gasteiger partial charge in [0, 0.05) is 45.3 Å². The fourth-order valence-corrected chi connectivity index (χ4v) is 4.24. The lowest BCUT2D eigenvalue weighted by Gasteiger charge is -2.37. The van der Waals surface area contributed by atoms with Gasteiger partial charge in [0.05, 0.1) is 5.69 Å².